The summed E-state index contributed by atoms with van der Waals surface area (Å²) in [6.07, 6.45) is 7.88. The molecule has 9 heteroatoms. The fourth-order valence-electron chi connectivity index (χ4n) is 4.07. The lowest BCUT2D eigenvalue weighted by Crippen LogP contribution is -2.41. The Labute approximate surface area is 187 Å². The molecule has 2 aromatic heterocycles. The Morgan fingerprint density at radius 3 is 2.87 bits per heavy atom. The Kier molecular flexibility index (Phi) is 7.32. The Balaban J connectivity index is 1.44. The van der Waals surface area contributed by atoms with Gasteiger partial charge in [-0.15, -0.1) is 0 Å². The van der Waals surface area contributed by atoms with Gasteiger partial charge >= 0.3 is 0 Å². The average Bonchev–Trinajstić information content (AvgIpc) is 2.80. The summed E-state index contributed by atoms with van der Waals surface area (Å²) in [7, 11) is 0. The third kappa shape index (κ3) is 5.90. The van der Waals surface area contributed by atoms with Crippen molar-refractivity contribution in [3.8, 4) is 11.3 Å². The number of amides is 1. The van der Waals surface area contributed by atoms with Gasteiger partial charge in [0.25, 0.3) is 0 Å². The molecule has 4 rings (SSSR count). The zero-order valence-corrected chi connectivity index (χ0v) is 18.5. The second-order valence-corrected chi connectivity index (χ2v) is 8.87. The van der Waals surface area contributed by atoms with Crippen LogP contribution < -0.4 is 16.0 Å². The molecule has 1 amide bonds. The van der Waals surface area contributed by atoms with E-state index in [9.17, 15) is 4.79 Å². The number of hydrogen-bond donors (Lipinski definition) is 3. The van der Waals surface area contributed by atoms with E-state index in [1.165, 1.54) is 6.20 Å². The number of piperidine rings is 1. The van der Waals surface area contributed by atoms with Gasteiger partial charge in [-0.25, -0.2) is 9.97 Å². The van der Waals surface area contributed by atoms with Crippen molar-refractivity contribution in [2.24, 2.45) is 17.8 Å². The Bertz CT molecular complexity index is 905. The molecule has 0 radical (unpaired) electrons. The summed E-state index contributed by atoms with van der Waals surface area (Å²) in [4.78, 5) is 25.9. The highest BCUT2D eigenvalue weighted by molar-refractivity contribution is 6.33. The number of anilines is 2. The van der Waals surface area contributed by atoms with E-state index in [0.717, 1.165) is 45.6 Å². The number of rotatable bonds is 6. The van der Waals surface area contributed by atoms with E-state index >= 15 is 0 Å². The zero-order chi connectivity index (χ0) is 21.6. The van der Waals surface area contributed by atoms with Gasteiger partial charge in [0.2, 0.25) is 5.91 Å². The third-order valence-corrected chi connectivity index (χ3v) is 6.17. The van der Waals surface area contributed by atoms with Crippen LogP contribution in [0.5, 0.6) is 0 Å². The number of ether oxygens (including phenoxy) is 1. The maximum atomic E-state index is 12.7. The highest BCUT2D eigenvalue weighted by Crippen LogP contribution is 2.29. The molecular weight excluding hydrogens is 416 g/mol. The van der Waals surface area contributed by atoms with E-state index in [1.807, 2.05) is 0 Å². The maximum absolute atomic E-state index is 12.7. The Hall–Kier alpha value is -2.29. The molecule has 2 saturated heterocycles. The number of nitrogens with one attached hydrogen (secondary N) is 3. The number of nitrogens with zero attached hydrogens (tertiary/aromatic N) is 3. The van der Waals surface area contributed by atoms with E-state index in [0.29, 0.717) is 46.3 Å². The van der Waals surface area contributed by atoms with Gasteiger partial charge in [-0.3, -0.25) is 9.78 Å². The van der Waals surface area contributed by atoms with Crippen LogP contribution in [0.4, 0.5) is 11.6 Å². The minimum absolute atomic E-state index is 0.0298. The first-order valence-electron chi connectivity index (χ1n) is 10.9. The predicted octanol–water partition coefficient (Wildman–Crippen LogP) is 3.21. The SMILES string of the molecule is C[C@@H]1CNC[C@@H](C(=O)Nc2cc(-c3cncc(NCC4CCOCC4)n3)c(Cl)cn2)C1. The molecule has 2 fully saturated rings. The lowest BCUT2D eigenvalue weighted by molar-refractivity contribution is -0.120. The molecule has 4 heterocycles. The second-order valence-electron chi connectivity index (χ2n) is 8.46. The first-order valence-corrected chi connectivity index (χ1v) is 11.3. The lowest BCUT2D eigenvalue weighted by Gasteiger charge is -2.26. The Morgan fingerprint density at radius 1 is 1.23 bits per heavy atom. The average molecular weight is 445 g/mol. The van der Waals surface area contributed by atoms with E-state index in [-0.39, 0.29) is 11.8 Å². The topological polar surface area (TPSA) is 101 Å². The predicted molar refractivity (Wildman–Crippen MR) is 121 cm³/mol. The monoisotopic (exact) mass is 444 g/mol. The zero-order valence-electron chi connectivity index (χ0n) is 17.7. The summed E-state index contributed by atoms with van der Waals surface area (Å²) in [5, 5.41) is 10.1. The fourth-order valence-corrected chi connectivity index (χ4v) is 4.27. The number of carbonyl (C=O) groups is 1. The lowest BCUT2D eigenvalue weighted by atomic mass is 9.91. The normalized spacial score (nSPS) is 22.1. The van der Waals surface area contributed by atoms with Crippen LogP contribution in [-0.2, 0) is 9.53 Å². The van der Waals surface area contributed by atoms with Crippen molar-refractivity contribution in [3.05, 3.63) is 29.7 Å². The summed E-state index contributed by atoms with van der Waals surface area (Å²) in [5.74, 6) is 2.11. The molecule has 2 aliphatic heterocycles. The van der Waals surface area contributed by atoms with Gasteiger partial charge in [0.05, 0.1) is 29.0 Å². The smallest absolute Gasteiger partial charge is 0.229 e. The first kappa shape index (κ1) is 21.9. The van der Waals surface area contributed by atoms with Crippen LogP contribution >= 0.6 is 11.6 Å². The minimum atomic E-state index is -0.0674. The number of carbonyl (C=O) groups excluding carboxylic acids is 1. The summed E-state index contributed by atoms with van der Waals surface area (Å²) in [6.45, 7) is 6.24. The molecule has 166 valence electrons. The van der Waals surface area contributed by atoms with Crippen LogP contribution in [0, 0.1) is 17.8 Å². The van der Waals surface area contributed by atoms with Gasteiger partial charge in [0, 0.05) is 38.1 Å². The molecule has 0 spiro atoms. The van der Waals surface area contributed by atoms with Crippen molar-refractivity contribution in [1.82, 2.24) is 20.3 Å². The summed E-state index contributed by atoms with van der Waals surface area (Å²) >= 11 is 6.40. The molecule has 0 aromatic carbocycles. The van der Waals surface area contributed by atoms with Gasteiger partial charge in [0.15, 0.2) is 0 Å². The van der Waals surface area contributed by atoms with E-state index < -0.39 is 0 Å². The standard InChI is InChI=1S/C22H29ClN6O2/c1-14-6-16(10-24-8-14)22(30)29-20-7-17(18(23)11-27-20)19-12-25-13-21(28-19)26-9-15-2-4-31-5-3-15/h7,11-16,24H,2-6,8-10H2,1H3,(H,26,28)(H,27,29,30)/t14-,16-/m0/s1. The van der Waals surface area contributed by atoms with Crippen LogP contribution in [0.1, 0.15) is 26.2 Å². The van der Waals surface area contributed by atoms with Crippen molar-refractivity contribution < 1.29 is 9.53 Å². The minimum Gasteiger partial charge on any atom is -0.381 e. The highest BCUT2D eigenvalue weighted by Gasteiger charge is 2.25. The number of halogens is 1. The first-order chi connectivity index (χ1) is 15.1. The fraction of sp³-hybridized carbons (Fsp3) is 0.545. The van der Waals surface area contributed by atoms with Crippen molar-refractivity contribution >= 4 is 29.1 Å². The van der Waals surface area contributed by atoms with Crippen molar-refractivity contribution in [2.45, 2.75) is 26.2 Å². The molecule has 2 aliphatic rings. The van der Waals surface area contributed by atoms with Gasteiger partial charge in [-0.1, -0.05) is 18.5 Å². The van der Waals surface area contributed by atoms with E-state index in [1.54, 1.807) is 18.5 Å². The van der Waals surface area contributed by atoms with Crippen LogP contribution in [0.2, 0.25) is 5.02 Å². The molecule has 0 saturated carbocycles. The highest BCUT2D eigenvalue weighted by atomic mass is 35.5. The molecular formula is C22H29ClN6O2. The van der Waals surface area contributed by atoms with Crippen molar-refractivity contribution in [2.75, 3.05) is 43.5 Å². The molecule has 0 unspecified atom stereocenters. The Morgan fingerprint density at radius 2 is 2.06 bits per heavy atom. The van der Waals surface area contributed by atoms with Crippen LogP contribution in [0.15, 0.2) is 24.7 Å². The van der Waals surface area contributed by atoms with E-state index in [2.05, 4.69) is 37.8 Å². The second kappa shape index (κ2) is 10.3. The molecule has 31 heavy (non-hydrogen) atoms. The molecule has 3 N–H and O–H groups in total. The van der Waals surface area contributed by atoms with Crippen LogP contribution in [0.25, 0.3) is 11.3 Å². The molecule has 8 nitrogen and oxygen atoms in total. The van der Waals surface area contributed by atoms with Crippen LogP contribution in [0.3, 0.4) is 0 Å². The number of pyridine rings is 1. The van der Waals surface area contributed by atoms with Crippen molar-refractivity contribution in [1.29, 1.82) is 0 Å². The molecule has 0 bridgehead atoms. The van der Waals surface area contributed by atoms with Gasteiger partial charge in [-0.05, 0) is 43.7 Å². The molecule has 2 atom stereocenters. The number of hydrogen-bond acceptors (Lipinski definition) is 7. The quantitative estimate of drug-likeness (QED) is 0.628. The number of aromatic nitrogens is 3. The summed E-state index contributed by atoms with van der Waals surface area (Å²) < 4.78 is 5.41. The van der Waals surface area contributed by atoms with Gasteiger partial charge in [0.1, 0.15) is 11.6 Å². The van der Waals surface area contributed by atoms with Gasteiger partial charge < -0.3 is 20.7 Å². The maximum Gasteiger partial charge on any atom is 0.229 e. The van der Waals surface area contributed by atoms with Gasteiger partial charge in [-0.2, -0.15) is 0 Å². The largest absolute Gasteiger partial charge is 0.381 e. The van der Waals surface area contributed by atoms with Crippen LogP contribution in [-0.4, -0.2) is 53.7 Å². The molecule has 0 aliphatic carbocycles. The summed E-state index contributed by atoms with van der Waals surface area (Å²) in [5.41, 5.74) is 1.32. The summed E-state index contributed by atoms with van der Waals surface area (Å²) in [6, 6.07) is 1.76. The third-order valence-electron chi connectivity index (χ3n) is 5.87. The molecule has 2 aromatic rings. The van der Waals surface area contributed by atoms with Crippen molar-refractivity contribution in [3.63, 3.8) is 0 Å². The van der Waals surface area contributed by atoms with E-state index in [4.69, 9.17) is 16.3 Å².